The Bertz CT molecular complexity index is 942. The number of likely N-dealkylation sites (tertiary alicyclic amines) is 1. The van der Waals surface area contributed by atoms with Crippen molar-refractivity contribution in [1.82, 2.24) is 4.90 Å². The van der Waals surface area contributed by atoms with Crippen molar-refractivity contribution in [2.75, 3.05) is 44.5 Å². The number of halogens is 1. The monoisotopic (exact) mass is 489 g/mol. The lowest BCUT2D eigenvalue weighted by Gasteiger charge is -2.30. The van der Waals surface area contributed by atoms with Crippen molar-refractivity contribution in [3.05, 3.63) is 46.4 Å². The van der Waals surface area contributed by atoms with Gasteiger partial charge in [0.25, 0.3) is 0 Å². The van der Waals surface area contributed by atoms with Gasteiger partial charge in [-0.1, -0.05) is 15.9 Å². The van der Waals surface area contributed by atoms with E-state index >= 15 is 0 Å². The van der Waals surface area contributed by atoms with Crippen LogP contribution in [0.3, 0.4) is 0 Å². The Morgan fingerprint density at radius 3 is 2.39 bits per heavy atom. The van der Waals surface area contributed by atoms with Crippen molar-refractivity contribution < 1.29 is 19.1 Å². The molecule has 0 saturated carbocycles. The van der Waals surface area contributed by atoms with E-state index < -0.39 is 0 Å². The van der Waals surface area contributed by atoms with E-state index in [-0.39, 0.29) is 24.3 Å². The molecule has 1 heterocycles. The van der Waals surface area contributed by atoms with Gasteiger partial charge in [0.1, 0.15) is 11.5 Å². The van der Waals surface area contributed by atoms with Gasteiger partial charge in [-0.2, -0.15) is 0 Å². The molecule has 1 fully saturated rings. The van der Waals surface area contributed by atoms with Crippen LogP contribution in [-0.4, -0.2) is 50.6 Å². The number of amides is 2. The molecule has 0 aliphatic carbocycles. The van der Waals surface area contributed by atoms with E-state index in [9.17, 15) is 9.59 Å². The van der Waals surface area contributed by atoms with E-state index in [1.165, 1.54) is 0 Å². The Labute approximate surface area is 191 Å². The number of nitrogens with one attached hydrogen (secondary N) is 2. The topological polar surface area (TPSA) is 79.9 Å². The SMILES string of the molecule is COc1ccc(NC(=O)CN2CCC(C(=O)Nc3ccc(Br)cc3C)CC2)c(OC)c1. The fraction of sp³-hybridized carbons (Fsp3) is 0.391. The van der Waals surface area contributed by atoms with Crippen LogP contribution in [0.25, 0.3) is 0 Å². The smallest absolute Gasteiger partial charge is 0.238 e. The minimum atomic E-state index is -0.114. The lowest BCUT2D eigenvalue weighted by molar-refractivity contribution is -0.121. The second-order valence-corrected chi connectivity index (χ2v) is 8.53. The van der Waals surface area contributed by atoms with Crippen LogP contribution in [0.1, 0.15) is 18.4 Å². The minimum absolute atomic E-state index is 0.0393. The standard InChI is InChI=1S/C23H28BrN3O4/c1-15-12-17(24)4-6-19(15)26-23(29)16-8-10-27(11-9-16)14-22(28)25-20-7-5-18(30-2)13-21(20)31-3/h4-7,12-13,16H,8-11,14H2,1-3H3,(H,25,28)(H,26,29). The average molecular weight is 490 g/mol. The van der Waals surface area contributed by atoms with Crippen molar-refractivity contribution >= 4 is 39.1 Å². The van der Waals surface area contributed by atoms with Gasteiger partial charge in [0.2, 0.25) is 11.8 Å². The van der Waals surface area contributed by atoms with Crippen molar-refractivity contribution in [2.45, 2.75) is 19.8 Å². The van der Waals surface area contributed by atoms with Crippen molar-refractivity contribution in [2.24, 2.45) is 5.92 Å². The van der Waals surface area contributed by atoms with Crippen LogP contribution in [0.15, 0.2) is 40.9 Å². The number of carbonyl (C=O) groups excluding carboxylic acids is 2. The summed E-state index contributed by atoms with van der Waals surface area (Å²) in [7, 11) is 3.13. The predicted molar refractivity (Wildman–Crippen MR) is 125 cm³/mol. The molecule has 7 nitrogen and oxygen atoms in total. The molecule has 2 N–H and O–H groups in total. The summed E-state index contributed by atoms with van der Waals surface area (Å²) >= 11 is 3.44. The highest BCUT2D eigenvalue weighted by Crippen LogP contribution is 2.29. The maximum Gasteiger partial charge on any atom is 0.238 e. The molecule has 0 unspecified atom stereocenters. The molecule has 2 amide bonds. The maximum absolute atomic E-state index is 12.7. The molecule has 2 aromatic rings. The van der Waals surface area contributed by atoms with Crippen LogP contribution in [0.2, 0.25) is 0 Å². The van der Waals surface area contributed by atoms with Crippen LogP contribution in [0.5, 0.6) is 11.5 Å². The number of hydrogen-bond acceptors (Lipinski definition) is 5. The van der Waals surface area contributed by atoms with Crippen molar-refractivity contribution in [3.63, 3.8) is 0 Å². The summed E-state index contributed by atoms with van der Waals surface area (Å²) in [6.45, 7) is 3.64. The number of hydrogen-bond donors (Lipinski definition) is 2. The maximum atomic E-state index is 12.7. The third-order valence-electron chi connectivity index (χ3n) is 5.45. The van der Waals surface area contributed by atoms with Gasteiger partial charge in [-0.25, -0.2) is 0 Å². The molecule has 0 bridgehead atoms. The van der Waals surface area contributed by atoms with E-state index in [4.69, 9.17) is 9.47 Å². The number of methoxy groups -OCH3 is 2. The molecule has 1 saturated heterocycles. The first-order chi connectivity index (χ1) is 14.9. The van der Waals surface area contributed by atoms with Gasteiger partial charge in [0, 0.05) is 22.1 Å². The first kappa shape index (κ1) is 23.1. The van der Waals surface area contributed by atoms with Crippen LogP contribution in [0, 0.1) is 12.8 Å². The molecule has 0 spiro atoms. The van der Waals surface area contributed by atoms with E-state index in [0.717, 1.165) is 28.6 Å². The Balaban J connectivity index is 1.48. The lowest BCUT2D eigenvalue weighted by atomic mass is 9.95. The molecular weight excluding hydrogens is 462 g/mol. The summed E-state index contributed by atoms with van der Waals surface area (Å²) in [4.78, 5) is 27.2. The molecule has 31 heavy (non-hydrogen) atoms. The fourth-order valence-corrected chi connectivity index (χ4v) is 4.13. The number of benzene rings is 2. The largest absolute Gasteiger partial charge is 0.497 e. The summed E-state index contributed by atoms with van der Waals surface area (Å²) in [5.74, 6) is 1.08. The zero-order valence-electron chi connectivity index (χ0n) is 18.0. The van der Waals surface area contributed by atoms with Crippen LogP contribution < -0.4 is 20.1 Å². The number of nitrogens with zero attached hydrogens (tertiary/aromatic N) is 1. The zero-order valence-corrected chi connectivity index (χ0v) is 19.6. The normalized spacial score (nSPS) is 14.7. The Kier molecular flexibility index (Phi) is 7.92. The van der Waals surface area contributed by atoms with Gasteiger partial charge < -0.3 is 20.1 Å². The third kappa shape index (κ3) is 6.21. The summed E-state index contributed by atoms with van der Waals surface area (Å²) in [5, 5.41) is 5.93. The highest BCUT2D eigenvalue weighted by Gasteiger charge is 2.26. The second kappa shape index (κ2) is 10.6. The van der Waals surface area contributed by atoms with Gasteiger partial charge in [0.05, 0.1) is 26.5 Å². The molecule has 2 aromatic carbocycles. The number of anilines is 2. The Morgan fingerprint density at radius 1 is 1.03 bits per heavy atom. The van der Waals surface area contributed by atoms with Crippen molar-refractivity contribution in [1.29, 1.82) is 0 Å². The van der Waals surface area contributed by atoms with E-state index in [2.05, 4.69) is 31.5 Å². The first-order valence-corrected chi connectivity index (χ1v) is 11.0. The van der Waals surface area contributed by atoms with Gasteiger partial charge >= 0.3 is 0 Å². The third-order valence-corrected chi connectivity index (χ3v) is 5.95. The van der Waals surface area contributed by atoms with Gasteiger partial charge in [-0.15, -0.1) is 0 Å². The number of carbonyl (C=O) groups is 2. The molecule has 0 radical (unpaired) electrons. The van der Waals surface area contributed by atoms with Gasteiger partial charge in [-0.3, -0.25) is 14.5 Å². The summed E-state index contributed by atoms with van der Waals surface area (Å²) in [6.07, 6.45) is 1.45. The van der Waals surface area contributed by atoms with Gasteiger partial charge in [0.15, 0.2) is 0 Å². The summed E-state index contributed by atoms with van der Waals surface area (Å²) in [5.41, 5.74) is 2.46. The van der Waals surface area contributed by atoms with Crippen LogP contribution in [-0.2, 0) is 9.59 Å². The molecule has 166 valence electrons. The number of rotatable bonds is 7. The molecular formula is C23H28BrN3O4. The van der Waals surface area contributed by atoms with Crippen LogP contribution >= 0.6 is 15.9 Å². The average Bonchev–Trinajstić information content (AvgIpc) is 2.76. The van der Waals surface area contributed by atoms with Crippen LogP contribution in [0.4, 0.5) is 11.4 Å². The summed E-state index contributed by atoms with van der Waals surface area (Å²) in [6, 6.07) is 11.1. The van der Waals surface area contributed by atoms with E-state index in [0.29, 0.717) is 30.3 Å². The number of ether oxygens (including phenoxy) is 2. The molecule has 3 rings (SSSR count). The predicted octanol–water partition coefficient (Wildman–Crippen LogP) is 4.06. The molecule has 0 atom stereocenters. The lowest BCUT2D eigenvalue weighted by Crippen LogP contribution is -2.41. The van der Waals surface area contributed by atoms with E-state index in [1.807, 2.05) is 25.1 Å². The van der Waals surface area contributed by atoms with Gasteiger partial charge in [-0.05, 0) is 68.8 Å². The second-order valence-electron chi connectivity index (χ2n) is 7.61. The molecule has 8 heteroatoms. The Hall–Kier alpha value is -2.58. The molecule has 1 aliphatic rings. The molecule has 0 aromatic heterocycles. The Morgan fingerprint density at radius 2 is 1.74 bits per heavy atom. The van der Waals surface area contributed by atoms with E-state index in [1.54, 1.807) is 32.4 Å². The quantitative estimate of drug-likeness (QED) is 0.612. The van der Waals surface area contributed by atoms with Crippen molar-refractivity contribution in [3.8, 4) is 11.5 Å². The highest BCUT2D eigenvalue weighted by molar-refractivity contribution is 9.10. The minimum Gasteiger partial charge on any atom is -0.497 e. The molecule has 1 aliphatic heterocycles. The summed E-state index contributed by atoms with van der Waals surface area (Å²) < 4.78 is 11.5. The fourth-order valence-electron chi connectivity index (χ4n) is 3.65. The number of piperidine rings is 1. The zero-order chi connectivity index (χ0) is 22.4. The highest BCUT2D eigenvalue weighted by atomic mass is 79.9. The first-order valence-electron chi connectivity index (χ1n) is 10.2. The number of aryl methyl sites for hydroxylation is 1.